The summed E-state index contributed by atoms with van der Waals surface area (Å²) >= 11 is 3.32. The molecule has 0 aliphatic rings. The summed E-state index contributed by atoms with van der Waals surface area (Å²) in [7, 11) is 0. The van der Waals surface area contributed by atoms with Crippen LogP contribution in [-0.4, -0.2) is 10.1 Å². The van der Waals surface area contributed by atoms with E-state index in [0.717, 1.165) is 10.0 Å². The molecule has 0 unspecified atom stereocenters. The van der Waals surface area contributed by atoms with E-state index in [1.807, 2.05) is 6.07 Å². The normalized spacial score (nSPS) is 10.2. The number of nitrogens with zero attached hydrogens (tertiary/aromatic N) is 1. The van der Waals surface area contributed by atoms with Crippen LogP contribution in [0.3, 0.4) is 0 Å². The van der Waals surface area contributed by atoms with Crippen LogP contribution in [-0.2, 0) is 0 Å². The molecule has 15 heavy (non-hydrogen) atoms. The van der Waals surface area contributed by atoms with E-state index in [2.05, 4.69) is 20.9 Å². The largest absolute Gasteiger partial charge is 0.507 e. The van der Waals surface area contributed by atoms with E-state index in [1.54, 1.807) is 30.6 Å². The van der Waals surface area contributed by atoms with E-state index in [-0.39, 0.29) is 5.75 Å². The number of phenols is 1. The van der Waals surface area contributed by atoms with Crippen LogP contribution in [0, 0.1) is 0 Å². The Morgan fingerprint density at radius 1 is 1.27 bits per heavy atom. The average Bonchev–Trinajstić information content (AvgIpc) is 2.17. The summed E-state index contributed by atoms with van der Waals surface area (Å²) in [5.74, 6) is 0.162. The quantitative estimate of drug-likeness (QED) is 0.779. The van der Waals surface area contributed by atoms with E-state index in [4.69, 9.17) is 5.73 Å². The number of hydrogen-bond donors (Lipinski definition) is 2. The Morgan fingerprint density at radius 3 is 2.73 bits per heavy atom. The number of nitrogens with two attached hydrogens (primary N) is 1. The molecule has 0 spiro atoms. The molecule has 76 valence electrons. The topological polar surface area (TPSA) is 59.1 Å². The van der Waals surface area contributed by atoms with Crippen LogP contribution in [0.4, 0.5) is 5.69 Å². The molecule has 0 aliphatic carbocycles. The minimum absolute atomic E-state index is 0.162. The summed E-state index contributed by atoms with van der Waals surface area (Å²) in [5.41, 5.74) is 7.75. The van der Waals surface area contributed by atoms with Gasteiger partial charge >= 0.3 is 0 Å². The molecule has 3 nitrogen and oxygen atoms in total. The monoisotopic (exact) mass is 264 g/mol. The summed E-state index contributed by atoms with van der Waals surface area (Å²) in [6.07, 6.45) is 3.34. The zero-order chi connectivity index (χ0) is 10.8. The van der Waals surface area contributed by atoms with Crippen LogP contribution in [0.15, 0.2) is 41.1 Å². The Morgan fingerprint density at radius 2 is 2.07 bits per heavy atom. The molecule has 4 heteroatoms. The highest BCUT2D eigenvalue weighted by Crippen LogP contribution is 2.34. The Balaban J connectivity index is 2.63. The number of pyridine rings is 1. The molecule has 0 aliphatic heterocycles. The van der Waals surface area contributed by atoms with Gasteiger partial charge in [-0.15, -0.1) is 0 Å². The molecule has 0 fully saturated rings. The summed E-state index contributed by atoms with van der Waals surface area (Å²) in [6.45, 7) is 0. The highest BCUT2D eigenvalue weighted by Gasteiger charge is 2.08. The minimum Gasteiger partial charge on any atom is -0.507 e. The van der Waals surface area contributed by atoms with Crippen molar-refractivity contribution < 1.29 is 5.11 Å². The Labute approximate surface area is 95.7 Å². The number of benzene rings is 1. The van der Waals surface area contributed by atoms with Crippen LogP contribution in [0.25, 0.3) is 11.1 Å². The number of halogens is 1. The van der Waals surface area contributed by atoms with Gasteiger partial charge in [0.2, 0.25) is 0 Å². The number of aromatic nitrogens is 1. The molecule has 0 bridgehead atoms. The van der Waals surface area contributed by atoms with Crippen LogP contribution < -0.4 is 5.73 Å². The number of phenolic OH excluding ortho intramolecular Hbond substituents is 1. The van der Waals surface area contributed by atoms with Crippen LogP contribution in [0.1, 0.15) is 0 Å². The molecule has 0 atom stereocenters. The van der Waals surface area contributed by atoms with Crippen molar-refractivity contribution in [1.29, 1.82) is 0 Å². The minimum atomic E-state index is 0.162. The summed E-state index contributed by atoms with van der Waals surface area (Å²) < 4.78 is 0.850. The van der Waals surface area contributed by atoms with Gasteiger partial charge in [0.25, 0.3) is 0 Å². The van der Waals surface area contributed by atoms with Gasteiger partial charge in [-0.1, -0.05) is 6.07 Å². The number of aromatic hydroxyl groups is 1. The summed E-state index contributed by atoms with van der Waals surface area (Å²) in [5, 5.41) is 9.71. The van der Waals surface area contributed by atoms with Crippen LogP contribution >= 0.6 is 15.9 Å². The van der Waals surface area contributed by atoms with Gasteiger partial charge < -0.3 is 10.8 Å². The smallest absolute Gasteiger partial charge is 0.125 e. The molecule has 1 aromatic carbocycles. The fraction of sp³-hybridized carbons (Fsp3) is 0. The fourth-order valence-corrected chi connectivity index (χ4v) is 1.79. The third kappa shape index (κ3) is 1.94. The Hall–Kier alpha value is -1.55. The molecular weight excluding hydrogens is 256 g/mol. The predicted octanol–water partition coefficient (Wildman–Crippen LogP) is 2.80. The third-order valence-corrected chi connectivity index (χ3v) is 2.50. The van der Waals surface area contributed by atoms with Crippen molar-refractivity contribution in [3.63, 3.8) is 0 Å². The van der Waals surface area contributed by atoms with Gasteiger partial charge in [0.15, 0.2) is 0 Å². The Kier molecular flexibility index (Phi) is 2.60. The van der Waals surface area contributed by atoms with Crippen LogP contribution in [0.2, 0.25) is 0 Å². The van der Waals surface area contributed by atoms with Gasteiger partial charge in [-0.25, -0.2) is 0 Å². The lowest BCUT2D eigenvalue weighted by atomic mass is 10.0. The van der Waals surface area contributed by atoms with E-state index in [0.29, 0.717) is 11.3 Å². The SMILES string of the molecule is Nc1cccc(O)c1-c1cncc(Br)c1. The molecule has 0 saturated heterocycles. The maximum Gasteiger partial charge on any atom is 0.125 e. The lowest BCUT2D eigenvalue weighted by Crippen LogP contribution is -1.90. The number of hydrogen-bond acceptors (Lipinski definition) is 3. The molecule has 0 amide bonds. The van der Waals surface area contributed by atoms with Gasteiger partial charge in [-0.3, -0.25) is 4.98 Å². The lowest BCUT2D eigenvalue weighted by molar-refractivity contribution is 0.477. The van der Waals surface area contributed by atoms with Crippen molar-refractivity contribution in [2.45, 2.75) is 0 Å². The summed E-state index contributed by atoms with van der Waals surface area (Å²) in [4.78, 5) is 4.03. The van der Waals surface area contributed by atoms with Crippen molar-refractivity contribution >= 4 is 21.6 Å². The fourth-order valence-electron chi connectivity index (χ4n) is 1.42. The van der Waals surface area contributed by atoms with Crippen molar-refractivity contribution in [2.75, 3.05) is 5.73 Å². The first-order valence-electron chi connectivity index (χ1n) is 4.37. The molecule has 1 heterocycles. The highest BCUT2D eigenvalue weighted by atomic mass is 79.9. The van der Waals surface area contributed by atoms with E-state index in [9.17, 15) is 5.11 Å². The second-order valence-electron chi connectivity index (χ2n) is 3.13. The number of rotatable bonds is 1. The number of anilines is 1. The maximum atomic E-state index is 9.71. The van der Waals surface area contributed by atoms with Gasteiger partial charge in [0, 0.05) is 33.7 Å². The molecule has 0 radical (unpaired) electrons. The van der Waals surface area contributed by atoms with E-state index >= 15 is 0 Å². The van der Waals surface area contributed by atoms with E-state index < -0.39 is 0 Å². The zero-order valence-corrected chi connectivity index (χ0v) is 9.40. The molecular formula is C11H9BrN2O. The Bertz CT molecular complexity index is 479. The average molecular weight is 265 g/mol. The first-order valence-corrected chi connectivity index (χ1v) is 5.16. The molecule has 1 aromatic heterocycles. The molecule has 0 saturated carbocycles. The first kappa shape index (κ1) is 9.98. The third-order valence-electron chi connectivity index (χ3n) is 2.07. The molecule has 2 rings (SSSR count). The van der Waals surface area contributed by atoms with Gasteiger partial charge in [0.1, 0.15) is 5.75 Å². The lowest BCUT2D eigenvalue weighted by Gasteiger charge is -2.07. The zero-order valence-electron chi connectivity index (χ0n) is 7.81. The van der Waals surface area contributed by atoms with Gasteiger partial charge in [-0.05, 0) is 34.1 Å². The molecule has 3 N–H and O–H groups in total. The van der Waals surface area contributed by atoms with Crippen molar-refractivity contribution in [3.05, 3.63) is 41.1 Å². The van der Waals surface area contributed by atoms with Gasteiger partial charge in [-0.2, -0.15) is 0 Å². The van der Waals surface area contributed by atoms with Crippen molar-refractivity contribution in [1.82, 2.24) is 4.98 Å². The number of nitrogen functional groups attached to an aromatic ring is 1. The second kappa shape index (κ2) is 3.90. The van der Waals surface area contributed by atoms with Gasteiger partial charge in [0.05, 0.1) is 0 Å². The standard InChI is InChI=1S/C11H9BrN2O/c12-8-4-7(5-14-6-8)11-9(13)2-1-3-10(11)15/h1-6,15H,13H2. The first-order chi connectivity index (χ1) is 7.18. The maximum absolute atomic E-state index is 9.71. The summed E-state index contributed by atoms with van der Waals surface area (Å²) in [6, 6.07) is 6.92. The van der Waals surface area contributed by atoms with E-state index in [1.165, 1.54) is 0 Å². The predicted molar refractivity (Wildman–Crippen MR) is 63.5 cm³/mol. The van der Waals surface area contributed by atoms with Crippen molar-refractivity contribution in [3.8, 4) is 16.9 Å². The second-order valence-corrected chi connectivity index (χ2v) is 4.05. The highest BCUT2D eigenvalue weighted by molar-refractivity contribution is 9.10. The molecule has 2 aromatic rings. The van der Waals surface area contributed by atoms with Crippen molar-refractivity contribution in [2.24, 2.45) is 0 Å². The van der Waals surface area contributed by atoms with Crippen LogP contribution in [0.5, 0.6) is 5.75 Å².